The number of hydrogen-bond acceptors (Lipinski definition) is 3. The predicted molar refractivity (Wildman–Crippen MR) is 67.4 cm³/mol. The standard InChI is InChI=1S/C14H17NO2/c1-2-17-14(16)8-4-10-3-6-12-11(9-10)5-7-13(12)15/h3-4,6,8-9,13H,2,5,7,15H2,1H3/b8-4+. The summed E-state index contributed by atoms with van der Waals surface area (Å²) in [7, 11) is 0. The van der Waals surface area contributed by atoms with Crippen LogP contribution < -0.4 is 5.73 Å². The molecule has 1 unspecified atom stereocenters. The maximum Gasteiger partial charge on any atom is 0.330 e. The van der Waals surface area contributed by atoms with Gasteiger partial charge >= 0.3 is 5.97 Å². The van der Waals surface area contributed by atoms with E-state index >= 15 is 0 Å². The topological polar surface area (TPSA) is 52.3 Å². The molecule has 0 radical (unpaired) electrons. The number of rotatable bonds is 3. The third-order valence-corrected chi connectivity index (χ3v) is 2.99. The van der Waals surface area contributed by atoms with Crippen molar-refractivity contribution in [2.45, 2.75) is 25.8 Å². The number of esters is 1. The fraction of sp³-hybridized carbons (Fsp3) is 0.357. The minimum absolute atomic E-state index is 0.174. The first-order valence-electron chi connectivity index (χ1n) is 5.94. The average molecular weight is 231 g/mol. The van der Waals surface area contributed by atoms with Crippen LogP contribution in [0.4, 0.5) is 0 Å². The van der Waals surface area contributed by atoms with Crippen LogP contribution in [0.5, 0.6) is 0 Å². The minimum atomic E-state index is -0.301. The third-order valence-electron chi connectivity index (χ3n) is 2.99. The minimum Gasteiger partial charge on any atom is -0.463 e. The van der Waals surface area contributed by atoms with Crippen LogP contribution in [-0.4, -0.2) is 12.6 Å². The molecular formula is C14H17NO2. The van der Waals surface area contributed by atoms with E-state index in [1.807, 2.05) is 6.07 Å². The van der Waals surface area contributed by atoms with Crippen LogP contribution in [0.15, 0.2) is 24.3 Å². The van der Waals surface area contributed by atoms with E-state index in [4.69, 9.17) is 10.5 Å². The number of benzene rings is 1. The summed E-state index contributed by atoms with van der Waals surface area (Å²) in [6.07, 6.45) is 5.28. The van der Waals surface area contributed by atoms with Crippen molar-refractivity contribution >= 4 is 12.0 Å². The number of fused-ring (bicyclic) bond motifs is 1. The summed E-state index contributed by atoms with van der Waals surface area (Å²) in [5.41, 5.74) is 9.51. The van der Waals surface area contributed by atoms with Crippen LogP contribution in [0.2, 0.25) is 0 Å². The Hall–Kier alpha value is -1.61. The van der Waals surface area contributed by atoms with Crippen molar-refractivity contribution in [3.63, 3.8) is 0 Å². The highest BCUT2D eigenvalue weighted by Crippen LogP contribution is 2.29. The van der Waals surface area contributed by atoms with Gasteiger partial charge in [0.25, 0.3) is 0 Å². The fourth-order valence-electron chi connectivity index (χ4n) is 2.13. The molecule has 2 N–H and O–H groups in total. The van der Waals surface area contributed by atoms with E-state index in [0.717, 1.165) is 18.4 Å². The summed E-state index contributed by atoms with van der Waals surface area (Å²) in [6, 6.07) is 6.31. The molecule has 0 saturated heterocycles. The van der Waals surface area contributed by atoms with Crippen molar-refractivity contribution in [1.82, 2.24) is 0 Å². The van der Waals surface area contributed by atoms with Crippen molar-refractivity contribution in [3.05, 3.63) is 41.0 Å². The SMILES string of the molecule is CCOC(=O)/C=C/c1ccc2c(c1)CCC2N. The smallest absolute Gasteiger partial charge is 0.330 e. The van der Waals surface area contributed by atoms with Crippen molar-refractivity contribution in [1.29, 1.82) is 0 Å². The maximum absolute atomic E-state index is 11.2. The second-order valence-electron chi connectivity index (χ2n) is 4.19. The zero-order valence-corrected chi connectivity index (χ0v) is 9.98. The molecule has 1 aliphatic rings. The molecule has 3 heteroatoms. The molecule has 1 aromatic rings. The lowest BCUT2D eigenvalue weighted by Gasteiger charge is -2.04. The van der Waals surface area contributed by atoms with Gasteiger partial charge in [-0.3, -0.25) is 0 Å². The molecule has 17 heavy (non-hydrogen) atoms. The van der Waals surface area contributed by atoms with E-state index in [1.54, 1.807) is 13.0 Å². The van der Waals surface area contributed by atoms with Crippen LogP contribution in [-0.2, 0) is 16.0 Å². The quantitative estimate of drug-likeness (QED) is 0.641. The summed E-state index contributed by atoms with van der Waals surface area (Å²) in [5, 5.41) is 0. The molecule has 0 aliphatic heterocycles. The van der Waals surface area contributed by atoms with Gasteiger partial charge in [-0.15, -0.1) is 0 Å². The van der Waals surface area contributed by atoms with Crippen molar-refractivity contribution in [3.8, 4) is 0 Å². The lowest BCUT2D eigenvalue weighted by molar-refractivity contribution is -0.137. The number of carbonyl (C=O) groups excluding carboxylic acids is 1. The highest BCUT2D eigenvalue weighted by molar-refractivity contribution is 5.87. The van der Waals surface area contributed by atoms with Gasteiger partial charge in [-0.05, 0) is 42.5 Å². The number of ether oxygens (including phenoxy) is 1. The highest BCUT2D eigenvalue weighted by atomic mass is 16.5. The molecule has 2 rings (SSSR count). The molecule has 3 nitrogen and oxygen atoms in total. The summed E-state index contributed by atoms with van der Waals surface area (Å²) in [4.78, 5) is 11.2. The third kappa shape index (κ3) is 2.74. The van der Waals surface area contributed by atoms with Crippen LogP contribution in [0.3, 0.4) is 0 Å². The first kappa shape index (κ1) is 11.9. The van der Waals surface area contributed by atoms with Crippen LogP contribution in [0, 0.1) is 0 Å². The fourth-order valence-corrected chi connectivity index (χ4v) is 2.13. The number of carbonyl (C=O) groups is 1. The molecule has 0 aromatic heterocycles. The van der Waals surface area contributed by atoms with Gasteiger partial charge in [0.2, 0.25) is 0 Å². The van der Waals surface area contributed by atoms with E-state index in [1.165, 1.54) is 17.2 Å². The molecule has 0 fully saturated rings. The lowest BCUT2D eigenvalue weighted by atomic mass is 10.0. The summed E-state index contributed by atoms with van der Waals surface area (Å²) >= 11 is 0. The predicted octanol–water partition coefficient (Wildman–Crippen LogP) is 2.21. The first-order valence-corrected chi connectivity index (χ1v) is 5.94. The van der Waals surface area contributed by atoms with E-state index < -0.39 is 0 Å². The second kappa shape index (κ2) is 5.15. The van der Waals surface area contributed by atoms with Crippen LogP contribution >= 0.6 is 0 Å². The lowest BCUT2D eigenvalue weighted by Crippen LogP contribution is -2.04. The van der Waals surface area contributed by atoms with E-state index in [9.17, 15) is 4.79 Å². The molecule has 90 valence electrons. The van der Waals surface area contributed by atoms with E-state index in [-0.39, 0.29) is 12.0 Å². The van der Waals surface area contributed by atoms with Gasteiger partial charge in [0, 0.05) is 12.1 Å². The molecule has 0 amide bonds. The molecule has 0 heterocycles. The largest absolute Gasteiger partial charge is 0.463 e. The Labute approximate surface area is 101 Å². The first-order chi connectivity index (χ1) is 8.20. The molecule has 1 aromatic carbocycles. The molecular weight excluding hydrogens is 214 g/mol. The van der Waals surface area contributed by atoms with E-state index in [2.05, 4.69) is 12.1 Å². The van der Waals surface area contributed by atoms with Crippen molar-refractivity contribution in [2.24, 2.45) is 5.73 Å². The van der Waals surface area contributed by atoms with Gasteiger partial charge < -0.3 is 10.5 Å². The maximum atomic E-state index is 11.2. The van der Waals surface area contributed by atoms with Gasteiger partial charge in [-0.1, -0.05) is 18.2 Å². The molecule has 0 spiro atoms. The van der Waals surface area contributed by atoms with Crippen molar-refractivity contribution < 1.29 is 9.53 Å². The number of aryl methyl sites for hydroxylation is 1. The summed E-state index contributed by atoms with van der Waals surface area (Å²) in [6.45, 7) is 2.20. The summed E-state index contributed by atoms with van der Waals surface area (Å²) in [5.74, 6) is -0.301. The van der Waals surface area contributed by atoms with Gasteiger partial charge in [0.05, 0.1) is 6.61 Å². The Bertz CT molecular complexity index is 452. The Morgan fingerprint density at radius 3 is 3.18 bits per heavy atom. The molecule has 1 aliphatic carbocycles. The zero-order chi connectivity index (χ0) is 12.3. The number of hydrogen-bond donors (Lipinski definition) is 1. The van der Waals surface area contributed by atoms with Crippen LogP contribution in [0.25, 0.3) is 6.08 Å². The Morgan fingerprint density at radius 1 is 1.59 bits per heavy atom. The summed E-state index contributed by atoms with van der Waals surface area (Å²) < 4.78 is 4.83. The van der Waals surface area contributed by atoms with Gasteiger partial charge in [0.15, 0.2) is 0 Å². The highest BCUT2D eigenvalue weighted by Gasteiger charge is 2.18. The van der Waals surface area contributed by atoms with Gasteiger partial charge in [-0.25, -0.2) is 4.79 Å². The molecule has 0 saturated carbocycles. The number of nitrogens with two attached hydrogens (primary N) is 1. The molecule has 0 bridgehead atoms. The van der Waals surface area contributed by atoms with Gasteiger partial charge in [0.1, 0.15) is 0 Å². The zero-order valence-electron chi connectivity index (χ0n) is 9.98. The Morgan fingerprint density at radius 2 is 2.41 bits per heavy atom. The second-order valence-corrected chi connectivity index (χ2v) is 4.19. The van der Waals surface area contributed by atoms with Crippen LogP contribution in [0.1, 0.15) is 36.1 Å². The molecule has 1 atom stereocenters. The van der Waals surface area contributed by atoms with Crippen molar-refractivity contribution in [2.75, 3.05) is 6.61 Å². The Balaban J connectivity index is 2.11. The van der Waals surface area contributed by atoms with E-state index in [0.29, 0.717) is 6.61 Å². The normalized spacial score (nSPS) is 18.4. The Kier molecular flexibility index (Phi) is 3.59. The van der Waals surface area contributed by atoms with Gasteiger partial charge in [-0.2, -0.15) is 0 Å². The monoisotopic (exact) mass is 231 g/mol. The average Bonchev–Trinajstić information content (AvgIpc) is 2.69.